The van der Waals surface area contributed by atoms with E-state index >= 15 is 0 Å². The molecule has 1 amide bonds. The number of hydrogen-bond acceptors (Lipinski definition) is 2. The van der Waals surface area contributed by atoms with Gasteiger partial charge in [0.2, 0.25) is 0 Å². The number of amides is 1. The third-order valence-electron chi connectivity index (χ3n) is 3.63. The molecule has 3 rings (SSSR count). The van der Waals surface area contributed by atoms with Gasteiger partial charge in [0, 0.05) is 18.7 Å². The van der Waals surface area contributed by atoms with Gasteiger partial charge in [0.1, 0.15) is 11.6 Å². The van der Waals surface area contributed by atoms with E-state index < -0.39 is 0 Å². The second-order valence-corrected chi connectivity index (χ2v) is 5.28. The maximum Gasteiger partial charge on any atom is 0.254 e. The van der Waals surface area contributed by atoms with Gasteiger partial charge in [0.05, 0.1) is 12.7 Å². The molecule has 0 aromatic heterocycles. The van der Waals surface area contributed by atoms with Crippen molar-refractivity contribution in [2.24, 2.45) is 0 Å². The summed E-state index contributed by atoms with van der Waals surface area (Å²) in [6, 6.07) is 11.6. The SMILES string of the molecule is O=C(c1ccc(F)cc1)N1CC(OCc2ccc(F)cc2)C1. The molecule has 1 aliphatic rings. The number of hydrogen-bond donors (Lipinski definition) is 0. The van der Waals surface area contributed by atoms with Crippen molar-refractivity contribution < 1.29 is 18.3 Å². The summed E-state index contributed by atoms with van der Waals surface area (Å²) >= 11 is 0. The van der Waals surface area contributed by atoms with Crippen LogP contribution in [0.5, 0.6) is 0 Å². The predicted molar refractivity (Wildman–Crippen MR) is 77.3 cm³/mol. The van der Waals surface area contributed by atoms with Crippen LogP contribution in [-0.2, 0) is 11.3 Å². The van der Waals surface area contributed by atoms with Crippen molar-refractivity contribution in [2.45, 2.75) is 12.7 Å². The van der Waals surface area contributed by atoms with Gasteiger partial charge in [-0.25, -0.2) is 8.78 Å². The van der Waals surface area contributed by atoms with Crippen LogP contribution < -0.4 is 0 Å². The molecule has 5 heteroatoms. The van der Waals surface area contributed by atoms with E-state index in [0.717, 1.165) is 5.56 Å². The third kappa shape index (κ3) is 3.31. The van der Waals surface area contributed by atoms with E-state index in [-0.39, 0.29) is 23.6 Å². The number of carbonyl (C=O) groups excluding carboxylic acids is 1. The van der Waals surface area contributed by atoms with Crippen molar-refractivity contribution in [3.05, 3.63) is 71.3 Å². The molecular formula is C17H15F2NO2. The highest BCUT2D eigenvalue weighted by molar-refractivity contribution is 5.94. The minimum absolute atomic E-state index is 0.0190. The van der Waals surface area contributed by atoms with Gasteiger partial charge in [-0.05, 0) is 42.0 Å². The lowest BCUT2D eigenvalue weighted by atomic mass is 10.1. The highest BCUT2D eigenvalue weighted by Crippen LogP contribution is 2.17. The fraction of sp³-hybridized carbons (Fsp3) is 0.235. The Labute approximate surface area is 127 Å². The maximum absolute atomic E-state index is 12.8. The van der Waals surface area contributed by atoms with Crippen molar-refractivity contribution in [3.63, 3.8) is 0 Å². The largest absolute Gasteiger partial charge is 0.370 e. The van der Waals surface area contributed by atoms with Gasteiger partial charge < -0.3 is 9.64 Å². The lowest BCUT2D eigenvalue weighted by Crippen LogP contribution is -2.54. The van der Waals surface area contributed by atoms with Crippen molar-refractivity contribution in [1.29, 1.82) is 0 Å². The Kier molecular flexibility index (Phi) is 4.15. The summed E-state index contributed by atoms with van der Waals surface area (Å²) in [7, 11) is 0. The molecule has 114 valence electrons. The van der Waals surface area contributed by atoms with Crippen LogP contribution in [0.1, 0.15) is 15.9 Å². The molecule has 0 unspecified atom stereocenters. The Morgan fingerprint density at radius 2 is 1.55 bits per heavy atom. The first-order valence-corrected chi connectivity index (χ1v) is 7.03. The Hall–Kier alpha value is -2.27. The summed E-state index contributed by atoms with van der Waals surface area (Å²) in [6.07, 6.45) is -0.0190. The van der Waals surface area contributed by atoms with Gasteiger partial charge in [-0.2, -0.15) is 0 Å². The van der Waals surface area contributed by atoms with Crippen LogP contribution in [0.2, 0.25) is 0 Å². The van der Waals surface area contributed by atoms with Crippen molar-refractivity contribution in [1.82, 2.24) is 4.90 Å². The highest BCUT2D eigenvalue weighted by atomic mass is 19.1. The lowest BCUT2D eigenvalue weighted by Gasteiger charge is -2.39. The molecule has 2 aromatic carbocycles. The average Bonchev–Trinajstić information content (AvgIpc) is 2.48. The Bertz CT molecular complexity index is 649. The van der Waals surface area contributed by atoms with Crippen LogP contribution in [0.4, 0.5) is 8.78 Å². The Morgan fingerprint density at radius 3 is 2.14 bits per heavy atom. The zero-order valence-electron chi connectivity index (χ0n) is 11.8. The number of rotatable bonds is 4. The summed E-state index contributed by atoms with van der Waals surface area (Å²) in [4.78, 5) is 13.8. The molecule has 0 radical (unpaired) electrons. The summed E-state index contributed by atoms with van der Waals surface area (Å²) in [5.74, 6) is -0.759. The maximum atomic E-state index is 12.8. The van der Waals surface area contributed by atoms with Crippen LogP contribution in [0, 0.1) is 11.6 Å². The van der Waals surface area contributed by atoms with Crippen LogP contribution >= 0.6 is 0 Å². The van der Waals surface area contributed by atoms with Crippen LogP contribution in [0.15, 0.2) is 48.5 Å². The molecule has 22 heavy (non-hydrogen) atoms. The first-order chi connectivity index (χ1) is 10.6. The molecule has 1 aliphatic heterocycles. The summed E-state index contributed by atoms with van der Waals surface area (Å²) in [5, 5.41) is 0. The van der Waals surface area contributed by atoms with Crippen LogP contribution in [-0.4, -0.2) is 30.0 Å². The van der Waals surface area contributed by atoms with E-state index in [4.69, 9.17) is 4.74 Å². The van der Waals surface area contributed by atoms with Crippen molar-refractivity contribution in [2.75, 3.05) is 13.1 Å². The molecule has 3 nitrogen and oxygen atoms in total. The van der Waals surface area contributed by atoms with E-state index in [9.17, 15) is 13.6 Å². The minimum atomic E-state index is -0.360. The molecule has 1 fully saturated rings. The quantitative estimate of drug-likeness (QED) is 0.869. The number of halogens is 2. The highest BCUT2D eigenvalue weighted by Gasteiger charge is 2.31. The minimum Gasteiger partial charge on any atom is -0.370 e. The lowest BCUT2D eigenvalue weighted by molar-refractivity contribution is -0.0503. The van der Waals surface area contributed by atoms with E-state index in [0.29, 0.717) is 25.3 Å². The number of ether oxygens (including phenoxy) is 1. The molecule has 0 bridgehead atoms. The molecule has 0 aliphatic carbocycles. The Balaban J connectivity index is 1.46. The molecule has 2 aromatic rings. The van der Waals surface area contributed by atoms with Gasteiger partial charge in [-0.1, -0.05) is 12.1 Å². The van der Waals surface area contributed by atoms with Gasteiger partial charge in [-0.15, -0.1) is 0 Å². The predicted octanol–water partition coefficient (Wildman–Crippen LogP) is 3.01. The molecule has 0 saturated carbocycles. The second-order valence-electron chi connectivity index (χ2n) is 5.28. The number of carbonyl (C=O) groups is 1. The summed E-state index contributed by atoms with van der Waals surface area (Å²) in [6.45, 7) is 1.42. The third-order valence-corrected chi connectivity index (χ3v) is 3.63. The Morgan fingerprint density at radius 1 is 1.00 bits per heavy atom. The van der Waals surface area contributed by atoms with E-state index in [1.54, 1.807) is 17.0 Å². The smallest absolute Gasteiger partial charge is 0.254 e. The van der Waals surface area contributed by atoms with E-state index in [2.05, 4.69) is 0 Å². The molecule has 0 N–H and O–H groups in total. The molecule has 1 heterocycles. The summed E-state index contributed by atoms with van der Waals surface area (Å²) < 4.78 is 31.3. The first kappa shape index (κ1) is 14.7. The first-order valence-electron chi connectivity index (χ1n) is 7.03. The normalized spacial score (nSPS) is 14.7. The monoisotopic (exact) mass is 303 g/mol. The number of likely N-dealkylation sites (tertiary alicyclic amines) is 1. The second kappa shape index (κ2) is 6.23. The van der Waals surface area contributed by atoms with Crippen LogP contribution in [0.25, 0.3) is 0 Å². The molecule has 1 saturated heterocycles. The molecule has 0 atom stereocenters. The summed E-state index contributed by atoms with van der Waals surface area (Å²) in [5.41, 5.74) is 1.36. The van der Waals surface area contributed by atoms with E-state index in [1.165, 1.54) is 36.4 Å². The van der Waals surface area contributed by atoms with Crippen molar-refractivity contribution in [3.8, 4) is 0 Å². The topological polar surface area (TPSA) is 29.5 Å². The van der Waals surface area contributed by atoms with Gasteiger partial charge >= 0.3 is 0 Å². The van der Waals surface area contributed by atoms with Gasteiger partial charge in [0.15, 0.2) is 0 Å². The van der Waals surface area contributed by atoms with Crippen LogP contribution in [0.3, 0.4) is 0 Å². The fourth-order valence-corrected chi connectivity index (χ4v) is 2.28. The van der Waals surface area contributed by atoms with Gasteiger partial charge in [-0.3, -0.25) is 4.79 Å². The number of benzene rings is 2. The van der Waals surface area contributed by atoms with Crippen molar-refractivity contribution >= 4 is 5.91 Å². The molecule has 0 spiro atoms. The standard InChI is InChI=1S/C17H15F2NO2/c18-14-5-1-12(2-6-14)11-22-16-9-20(10-16)17(21)13-3-7-15(19)8-4-13/h1-8,16H,9-11H2. The van der Waals surface area contributed by atoms with E-state index in [1.807, 2.05) is 0 Å². The van der Waals surface area contributed by atoms with Gasteiger partial charge in [0.25, 0.3) is 5.91 Å². The zero-order chi connectivity index (χ0) is 15.5. The number of nitrogens with zero attached hydrogens (tertiary/aromatic N) is 1. The molecular weight excluding hydrogens is 288 g/mol. The fourth-order valence-electron chi connectivity index (χ4n) is 2.28. The zero-order valence-corrected chi connectivity index (χ0v) is 11.8. The average molecular weight is 303 g/mol.